The Morgan fingerprint density at radius 1 is 1.21 bits per heavy atom. The number of hydrogen-bond acceptors (Lipinski definition) is 9. The number of amides is 1. The van der Waals surface area contributed by atoms with Crippen LogP contribution in [0.3, 0.4) is 0 Å². The maximum atomic E-state index is 13.0. The van der Waals surface area contributed by atoms with Crippen molar-refractivity contribution < 1.29 is 14.5 Å². The highest BCUT2D eigenvalue weighted by molar-refractivity contribution is 7.93. The predicted octanol–water partition coefficient (Wildman–Crippen LogP) is 3.68. The first-order valence-electron chi connectivity index (χ1n) is 10.7. The van der Waals surface area contributed by atoms with E-state index >= 15 is 0 Å². The summed E-state index contributed by atoms with van der Waals surface area (Å²) in [5.74, 6) is -0.0835. The van der Waals surface area contributed by atoms with Crippen molar-refractivity contribution in [3.63, 3.8) is 0 Å². The summed E-state index contributed by atoms with van der Waals surface area (Å²) in [7, 11) is 0. The number of carbonyl (C=O) groups excluding carboxylic acids is 1. The Bertz CT molecular complexity index is 1300. The molecular formula is C23H23N5O3S3. The summed E-state index contributed by atoms with van der Waals surface area (Å²) in [5.41, 5.74) is 9.27. The maximum absolute atomic E-state index is 13.0. The van der Waals surface area contributed by atoms with Gasteiger partial charge in [0.2, 0.25) is 4.90 Å². The van der Waals surface area contributed by atoms with E-state index in [0.717, 1.165) is 15.9 Å². The van der Waals surface area contributed by atoms with Crippen LogP contribution in [0, 0.1) is 0 Å². The lowest BCUT2D eigenvalue weighted by Crippen LogP contribution is -2.47. The monoisotopic (exact) mass is 513 g/mol. The molecule has 1 aliphatic heterocycles. The van der Waals surface area contributed by atoms with Crippen molar-refractivity contribution in [2.24, 2.45) is 0 Å². The Balaban J connectivity index is 1.19. The molecule has 34 heavy (non-hydrogen) atoms. The number of fused-ring (bicyclic) bond motifs is 1. The quantitative estimate of drug-likeness (QED) is 0.336. The van der Waals surface area contributed by atoms with Crippen molar-refractivity contribution in [2.45, 2.75) is 29.8 Å². The standard InChI is InChI=1S/C23H23N5O3S3/c24-22-26-17(13-32-22)12-23(30)8-10-28(11-9-23)21(29)15-4-6-16(7-5-15)27-34(31)19-3-1-2-18-20(19)25-14-33-18/h1-7,13-14,27,30H,8-12H2,(H2,24,26). The first-order chi connectivity index (χ1) is 16.4. The summed E-state index contributed by atoms with van der Waals surface area (Å²) in [5, 5.41) is 13.3. The number of rotatable bonds is 6. The van der Waals surface area contributed by atoms with Crippen LogP contribution in [-0.4, -0.2) is 49.1 Å². The number of benzene rings is 2. The zero-order chi connectivity index (χ0) is 23.7. The van der Waals surface area contributed by atoms with Crippen LogP contribution in [0.1, 0.15) is 28.9 Å². The maximum Gasteiger partial charge on any atom is 0.253 e. The Morgan fingerprint density at radius 2 is 1.97 bits per heavy atom. The van der Waals surface area contributed by atoms with Gasteiger partial charge in [-0.3, -0.25) is 4.79 Å². The molecule has 1 fully saturated rings. The van der Waals surface area contributed by atoms with E-state index in [-0.39, 0.29) is 5.91 Å². The van der Waals surface area contributed by atoms with Crippen LogP contribution in [0.2, 0.25) is 0 Å². The number of aliphatic hydroxyl groups is 1. The van der Waals surface area contributed by atoms with Crippen LogP contribution >= 0.6 is 22.7 Å². The second-order valence-corrected chi connectivity index (χ2v) is 11.2. The Morgan fingerprint density at radius 3 is 2.68 bits per heavy atom. The Labute approximate surface area is 207 Å². The Kier molecular flexibility index (Phi) is 6.45. The molecule has 11 heteroatoms. The van der Waals surface area contributed by atoms with E-state index in [2.05, 4.69) is 14.7 Å². The molecule has 2 aromatic heterocycles. The zero-order valence-corrected chi connectivity index (χ0v) is 20.6. The van der Waals surface area contributed by atoms with Gasteiger partial charge in [0.1, 0.15) is 16.9 Å². The van der Waals surface area contributed by atoms with Gasteiger partial charge in [-0.05, 0) is 49.2 Å². The molecule has 0 bridgehead atoms. The molecule has 1 saturated heterocycles. The second-order valence-electron chi connectivity index (χ2n) is 8.27. The van der Waals surface area contributed by atoms with Crippen LogP contribution in [0.4, 0.5) is 10.8 Å². The van der Waals surface area contributed by atoms with Gasteiger partial charge in [-0.15, -0.1) is 22.7 Å². The number of anilines is 2. The van der Waals surface area contributed by atoms with Gasteiger partial charge in [0.05, 0.1) is 27.2 Å². The third kappa shape index (κ3) is 4.89. The van der Waals surface area contributed by atoms with E-state index in [4.69, 9.17) is 5.73 Å². The molecule has 1 amide bonds. The van der Waals surface area contributed by atoms with E-state index in [1.54, 1.807) is 40.7 Å². The molecule has 0 radical (unpaired) electrons. The first kappa shape index (κ1) is 23.1. The van der Waals surface area contributed by atoms with E-state index < -0.39 is 17.0 Å². The molecule has 176 valence electrons. The molecule has 2 aromatic carbocycles. The van der Waals surface area contributed by atoms with Crippen molar-refractivity contribution in [3.05, 3.63) is 64.6 Å². The van der Waals surface area contributed by atoms with E-state index in [9.17, 15) is 14.5 Å². The van der Waals surface area contributed by atoms with Gasteiger partial charge >= 0.3 is 0 Å². The molecule has 4 aromatic rings. The number of nitrogens with one attached hydrogen (secondary N) is 1. The van der Waals surface area contributed by atoms with Gasteiger partial charge in [-0.25, -0.2) is 14.7 Å². The second kappa shape index (κ2) is 9.51. The molecular weight excluding hydrogens is 490 g/mol. The van der Waals surface area contributed by atoms with Crippen LogP contribution in [0.25, 0.3) is 10.2 Å². The topological polar surface area (TPSA) is 127 Å². The van der Waals surface area contributed by atoms with Crippen molar-refractivity contribution in [1.29, 1.82) is 0 Å². The number of nitrogens with two attached hydrogens (primary N) is 1. The average molecular weight is 514 g/mol. The van der Waals surface area contributed by atoms with Gasteiger partial charge in [0, 0.05) is 30.5 Å². The number of likely N-dealkylation sites (tertiary alicyclic amines) is 1. The highest BCUT2D eigenvalue weighted by atomic mass is 32.2. The summed E-state index contributed by atoms with van der Waals surface area (Å²) in [6.45, 7) is 0.938. The molecule has 1 atom stereocenters. The number of aromatic nitrogens is 2. The summed E-state index contributed by atoms with van der Waals surface area (Å²) >= 11 is 1.39. The highest BCUT2D eigenvalue weighted by Gasteiger charge is 2.35. The molecule has 1 aliphatic rings. The van der Waals surface area contributed by atoms with E-state index in [1.165, 1.54) is 22.7 Å². The fourth-order valence-corrected chi connectivity index (χ4v) is 6.41. The van der Waals surface area contributed by atoms with Gasteiger partial charge in [-0.1, -0.05) is 6.07 Å². The number of hydrogen-bond donors (Lipinski definition) is 3. The minimum atomic E-state index is -1.47. The fraction of sp³-hybridized carbons (Fsp3) is 0.261. The molecule has 1 unspecified atom stereocenters. The van der Waals surface area contributed by atoms with Gasteiger partial charge in [-0.2, -0.15) is 0 Å². The molecule has 4 N–H and O–H groups in total. The van der Waals surface area contributed by atoms with E-state index in [0.29, 0.717) is 53.6 Å². The molecule has 8 nitrogen and oxygen atoms in total. The summed E-state index contributed by atoms with van der Waals surface area (Å²) < 4.78 is 16.8. The number of nitrogens with zero attached hydrogens (tertiary/aromatic N) is 3. The summed E-state index contributed by atoms with van der Waals surface area (Å²) in [6.07, 6.45) is 1.41. The number of thiazole rings is 2. The normalized spacial score (nSPS) is 16.5. The first-order valence-corrected chi connectivity index (χ1v) is 13.6. The molecule has 5 rings (SSSR count). The number of para-hydroxylation sites is 1. The molecule has 0 aliphatic carbocycles. The molecule has 3 heterocycles. The van der Waals surface area contributed by atoms with Crippen LogP contribution < -0.4 is 10.5 Å². The lowest BCUT2D eigenvalue weighted by Gasteiger charge is -2.38. The third-order valence-corrected chi connectivity index (χ3v) is 8.59. The van der Waals surface area contributed by atoms with Crippen LogP contribution in [0.15, 0.2) is 58.3 Å². The third-order valence-electron chi connectivity index (χ3n) is 5.93. The smallest absolute Gasteiger partial charge is 0.253 e. The minimum absolute atomic E-state index is 0.0835. The minimum Gasteiger partial charge on any atom is -0.588 e. The van der Waals surface area contributed by atoms with Crippen LogP contribution in [0.5, 0.6) is 0 Å². The van der Waals surface area contributed by atoms with Crippen LogP contribution in [-0.2, 0) is 17.8 Å². The summed E-state index contributed by atoms with van der Waals surface area (Å²) in [4.78, 5) is 23.9. The molecule has 0 spiro atoms. The van der Waals surface area contributed by atoms with Crippen molar-refractivity contribution in [2.75, 3.05) is 23.5 Å². The largest absolute Gasteiger partial charge is 0.588 e. The van der Waals surface area contributed by atoms with Gasteiger partial charge in [0.25, 0.3) is 5.91 Å². The number of carbonyl (C=O) groups is 1. The van der Waals surface area contributed by atoms with Crippen molar-refractivity contribution in [1.82, 2.24) is 14.9 Å². The summed E-state index contributed by atoms with van der Waals surface area (Å²) in [6, 6.07) is 12.6. The number of piperidine rings is 1. The lowest BCUT2D eigenvalue weighted by atomic mass is 9.87. The Hall–Kier alpha value is -2.70. The fourth-order valence-electron chi connectivity index (χ4n) is 4.08. The lowest BCUT2D eigenvalue weighted by molar-refractivity contribution is -0.0167. The zero-order valence-electron chi connectivity index (χ0n) is 18.1. The predicted molar refractivity (Wildman–Crippen MR) is 136 cm³/mol. The van der Waals surface area contributed by atoms with Crippen molar-refractivity contribution in [3.8, 4) is 0 Å². The molecule has 0 saturated carbocycles. The van der Waals surface area contributed by atoms with Gasteiger partial charge < -0.3 is 20.3 Å². The number of nitrogen functional groups attached to an aromatic ring is 1. The average Bonchev–Trinajstić information content (AvgIpc) is 3.48. The van der Waals surface area contributed by atoms with E-state index in [1.807, 2.05) is 17.5 Å². The van der Waals surface area contributed by atoms with Gasteiger partial charge in [0.15, 0.2) is 5.13 Å². The highest BCUT2D eigenvalue weighted by Crippen LogP contribution is 2.29. The van der Waals surface area contributed by atoms with Crippen molar-refractivity contribution >= 4 is 61.0 Å². The SMILES string of the molecule is Nc1nc(CC2(O)CCN(C(=O)c3ccc(N[S+]([O-])c4cccc5scnc45)cc3)CC2)cs1.